The lowest BCUT2D eigenvalue weighted by atomic mass is 10.2. The van der Waals surface area contributed by atoms with Gasteiger partial charge in [0.15, 0.2) is 5.79 Å². The number of aliphatic hydroxyl groups excluding tert-OH is 1. The second-order valence-corrected chi connectivity index (χ2v) is 3.62. The molecule has 7 nitrogen and oxygen atoms in total. The van der Waals surface area contributed by atoms with E-state index in [0.717, 1.165) is 6.92 Å². The van der Waals surface area contributed by atoms with Gasteiger partial charge in [-0.25, -0.2) is 0 Å². The van der Waals surface area contributed by atoms with Crippen molar-refractivity contribution >= 4 is 11.8 Å². The molecule has 0 aliphatic heterocycles. The first-order valence-corrected chi connectivity index (χ1v) is 5.12. The van der Waals surface area contributed by atoms with Crippen LogP contribution in [0.2, 0.25) is 0 Å². The first-order chi connectivity index (χ1) is 8.07. The van der Waals surface area contributed by atoms with Gasteiger partial charge in [-0.05, 0) is 32.4 Å². The van der Waals surface area contributed by atoms with Gasteiger partial charge in [0.2, 0.25) is 11.8 Å². The lowest BCUT2D eigenvalue weighted by molar-refractivity contribution is -0.205. The van der Waals surface area contributed by atoms with E-state index in [1.54, 1.807) is 12.2 Å². The van der Waals surface area contributed by atoms with Crippen LogP contribution in [0.3, 0.4) is 0 Å². The Kier molecular flexibility index (Phi) is 9.68. The topological polar surface area (TPSA) is 147 Å². The Labute approximate surface area is 105 Å². The van der Waals surface area contributed by atoms with E-state index in [1.165, 1.54) is 19.1 Å². The SMILES string of the molecule is CC(O)C(C)(O)O.NC(=O)C=CCC=CC(N)=O. The van der Waals surface area contributed by atoms with E-state index in [-0.39, 0.29) is 0 Å². The van der Waals surface area contributed by atoms with Gasteiger partial charge in [0.05, 0.1) is 0 Å². The zero-order valence-corrected chi connectivity index (χ0v) is 10.4. The van der Waals surface area contributed by atoms with Gasteiger partial charge < -0.3 is 26.8 Å². The molecular weight excluding hydrogens is 240 g/mol. The molecule has 18 heavy (non-hydrogen) atoms. The number of hydrogen-bond donors (Lipinski definition) is 5. The highest BCUT2D eigenvalue weighted by Gasteiger charge is 2.21. The van der Waals surface area contributed by atoms with Gasteiger partial charge in [0.1, 0.15) is 6.10 Å². The molecule has 1 unspecified atom stereocenters. The average molecular weight is 260 g/mol. The Morgan fingerprint density at radius 2 is 1.44 bits per heavy atom. The fourth-order valence-corrected chi connectivity index (χ4v) is 0.447. The van der Waals surface area contributed by atoms with Crippen LogP contribution in [0, 0.1) is 0 Å². The van der Waals surface area contributed by atoms with E-state index in [0.29, 0.717) is 6.42 Å². The van der Waals surface area contributed by atoms with Crippen LogP contribution < -0.4 is 11.5 Å². The van der Waals surface area contributed by atoms with Crippen molar-refractivity contribution in [2.45, 2.75) is 32.2 Å². The van der Waals surface area contributed by atoms with E-state index in [4.69, 9.17) is 26.8 Å². The Hall–Kier alpha value is -1.70. The molecular formula is C11H20N2O5. The van der Waals surface area contributed by atoms with Crippen LogP contribution in [0.5, 0.6) is 0 Å². The number of primary amides is 2. The van der Waals surface area contributed by atoms with Crippen LogP contribution in [0.4, 0.5) is 0 Å². The van der Waals surface area contributed by atoms with Crippen LogP contribution in [-0.4, -0.2) is 39.0 Å². The second-order valence-electron chi connectivity index (χ2n) is 3.62. The summed E-state index contributed by atoms with van der Waals surface area (Å²) in [5.41, 5.74) is 9.59. The summed E-state index contributed by atoms with van der Waals surface area (Å²) in [6.45, 7) is 2.43. The van der Waals surface area contributed by atoms with Gasteiger partial charge >= 0.3 is 0 Å². The molecule has 0 saturated carbocycles. The Bertz CT molecular complexity index is 294. The van der Waals surface area contributed by atoms with Crippen LogP contribution in [0.15, 0.2) is 24.3 Å². The molecule has 0 heterocycles. The number of aliphatic hydroxyl groups is 3. The number of rotatable bonds is 5. The van der Waals surface area contributed by atoms with Crippen molar-refractivity contribution in [1.29, 1.82) is 0 Å². The van der Waals surface area contributed by atoms with E-state index in [2.05, 4.69) is 0 Å². The lowest BCUT2D eigenvalue weighted by Gasteiger charge is -2.17. The smallest absolute Gasteiger partial charge is 0.241 e. The number of carbonyl (C=O) groups excluding carboxylic acids is 2. The molecule has 0 aliphatic carbocycles. The molecule has 0 radical (unpaired) electrons. The summed E-state index contributed by atoms with van der Waals surface area (Å²) in [7, 11) is 0. The highest BCUT2D eigenvalue weighted by atomic mass is 16.5. The van der Waals surface area contributed by atoms with E-state index < -0.39 is 23.7 Å². The normalized spacial score (nSPS) is 13.2. The minimum atomic E-state index is -1.94. The number of nitrogens with two attached hydrogens (primary N) is 2. The largest absolute Gasteiger partial charge is 0.388 e. The maximum atomic E-state index is 10.1. The number of hydrogen-bond acceptors (Lipinski definition) is 5. The number of allylic oxidation sites excluding steroid dienone is 2. The third kappa shape index (κ3) is 16.7. The van der Waals surface area contributed by atoms with E-state index in [1.807, 2.05) is 0 Å². The summed E-state index contributed by atoms with van der Waals surface area (Å²) < 4.78 is 0. The molecule has 0 saturated heterocycles. The molecule has 7 N–H and O–H groups in total. The molecule has 0 fully saturated rings. The van der Waals surface area contributed by atoms with Crippen molar-refractivity contribution in [3.8, 4) is 0 Å². The molecule has 0 aromatic heterocycles. The molecule has 0 aliphatic rings. The summed E-state index contributed by atoms with van der Waals surface area (Å²) >= 11 is 0. The molecule has 2 amide bonds. The average Bonchev–Trinajstić information content (AvgIpc) is 2.15. The molecule has 104 valence electrons. The Morgan fingerprint density at radius 1 is 1.17 bits per heavy atom. The van der Waals surface area contributed by atoms with Crippen LogP contribution in [0.25, 0.3) is 0 Å². The fourth-order valence-electron chi connectivity index (χ4n) is 0.447. The number of amides is 2. The summed E-state index contributed by atoms with van der Waals surface area (Å²) in [6.07, 6.45) is 4.93. The first kappa shape index (κ1) is 18.7. The maximum Gasteiger partial charge on any atom is 0.241 e. The van der Waals surface area contributed by atoms with Gasteiger partial charge in [0.25, 0.3) is 0 Å². The standard InChI is InChI=1S/C7H10N2O2.C4H10O3/c8-6(10)4-2-1-3-5-7(9)11;1-3(5)4(2,6)7/h2-5H,1H2,(H2,8,10)(H2,9,11);3,5-7H,1-2H3. The highest BCUT2D eigenvalue weighted by molar-refractivity contribution is 5.86. The fraction of sp³-hybridized carbons (Fsp3) is 0.455. The zero-order chi connectivity index (χ0) is 14.8. The highest BCUT2D eigenvalue weighted by Crippen LogP contribution is 2.01. The van der Waals surface area contributed by atoms with Crippen LogP contribution in [-0.2, 0) is 9.59 Å². The predicted octanol–water partition coefficient (Wildman–Crippen LogP) is -1.47. The van der Waals surface area contributed by atoms with Crippen LogP contribution >= 0.6 is 0 Å². The first-order valence-electron chi connectivity index (χ1n) is 5.12. The van der Waals surface area contributed by atoms with E-state index in [9.17, 15) is 9.59 Å². The quantitative estimate of drug-likeness (QED) is 0.302. The monoisotopic (exact) mass is 260 g/mol. The molecule has 0 rings (SSSR count). The molecule has 7 heteroatoms. The van der Waals surface area contributed by atoms with Gasteiger partial charge in [-0.1, -0.05) is 12.2 Å². The van der Waals surface area contributed by atoms with Gasteiger partial charge in [-0.3, -0.25) is 9.59 Å². The zero-order valence-electron chi connectivity index (χ0n) is 10.4. The van der Waals surface area contributed by atoms with Crippen molar-refractivity contribution in [2.24, 2.45) is 11.5 Å². The van der Waals surface area contributed by atoms with Crippen molar-refractivity contribution in [2.75, 3.05) is 0 Å². The summed E-state index contributed by atoms with van der Waals surface area (Å²) in [5, 5.41) is 25.2. The lowest BCUT2D eigenvalue weighted by Crippen LogP contribution is -2.36. The minimum Gasteiger partial charge on any atom is -0.388 e. The summed E-state index contributed by atoms with van der Waals surface area (Å²) in [5.74, 6) is -2.95. The second kappa shape index (κ2) is 9.34. The third-order valence-electron chi connectivity index (χ3n) is 1.63. The van der Waals surface area contributed by atoms with Crippen molar-refractivity contribution in [3.63, 3.8) is 0 Å². The Balaban J connectivity index is 0. The van der Waals surface area contributed by atoms with Gasteiger partial charge in [-0.15, -0.1) is 0 Å². The molecule has 0 aromatic rings. The summed E-state index contributed by atoms with van der Waals surface area (Å²) in [4.78, 5) is 20.2. The molecule has 1 atom stereocenters. The van der Waals surface area contributed by atoms with Gasteiger partial charge in [0, 0.05) is 0 Å². The maximum absolute atomic E-state index is 10.1. The van der Waals surface area contributed by atoms with Crippen molar-refractivity contribution < 1.29 is 24.9 Å². The van der Waals surface area contributed by atoms with Gasteiger partial charge in [-0.2, -0.15) is 0 Å². The molecule has 0 bridgehead atoms. The van der Waals surface area contributed by atoms with E-state index >= 15 is 0 Å². The van der Waals surface area contributed by atoms with Crippen LogP contribution in [0.1, 0.15) is 20.3 Å². The third-order valence-corrected chi connectivity index (χ3v) is 1.63. The predicted molar refractivity (Wildman–Crippen MR) is 65.8 cm³/mol. The molecule has 0 aromatic carbocycles. The number of carbonyl (C=O) groups is 2. The summed E-state index contributed by atoms with van der Waals surface area (Å²) in [6, 6.07) is 0. The van der Waals surface area contributed by atoms with Crippen molar-refractivity contribution in [1.82, 2.24) is 0 Å². The molecule has 0 spiro atoms. The minimum absolute atomic E-state index is 0.478. The van der Waals surface area contributed by atoms with Crippen molar-refractivity contribution in [3.05, 3.63) is 24.3 Å². The Morgan fingerprint density at radius 3 is 1.61 bits per heavy atom.